The molecule has 0 saturated carbocycles. The number of Topliss-reactive ketones (excluding diaryl/α,β-unsaturated/α-hetero) is 2. The molecule has 2 aromatic rings. The third-order valence-electron chi connectivity index (χ3n) is 6.73. The van der Waals surface area contributed by atoms with Gasteiger partial charge in [-0.05, 0) is 36.6 Å². The second-order valence-corrected chi connectivity index (χ2v) is 8.88. The Bertz CT molecular complexity index is 1190. The summed E-state index contributed by atoms with van der Waals surface area (Å²) in [6.07, 6.45) is 3.20. The lowest BCUT2D eigenvalue weighted by atomic mass is 9.88. The number of carbonyl (C=O) groups excluding carboxylic acids is 3. The molecule has 1 aliphatic carbocycles. The number of allylic oxidation sites excluding steroid dienone is 2. The van der Waals surface area contributed by atoms with E-state index >= 15 is 0 Å². The van der Waals surface area contributed by atoms with Crippen LogP contribution in [0.15, 0.2) is 71.3 Å². The maximum Gasteiger partial charge on any atom is 0.228 e. The Labute approximate surface area is 211 Å². The first-order valence-corrected chi connectivity index (χ1v) is 12.1. The predicted molar refractivity (Wildman–Crippen MR) is 135 cm³/mol. The largest absolute Gasteiger partial charge is 0.489 e. The first kappa shape index (κ1) is 25.2. The summed E-state index contributed by atoms with van der Waals surface area (Å²) >= 11 is 0. The number of nitrogens with zero attached hydrogens (tertiary/aromatic N) is 3. The number of piperazine rings is 1. The Hall–Kier alpha value is -3.94. The van der Waals surface area contributed by atoms with E-state index in [2.05, 4.69) is 9.88 Å². The van der Waals surface area contributed by atoms with Gasteiger partial charge in [0, 0.05) is 56.4 Å². The highest BCUT2D eigenvalue weighted by molar-refractivity contribution is 6.23. The molecule has 0 N–H and O–H groups in total. The minimum atomic E-state index is -0.333. The molecule has 1 aromatic carbocycles. The van der Waals surface area contributed by atoms with Gasteiger partial charge in [0.15, 0.2) is 0 Å². The molecule has 4 rings (SSSR count). The minimum absolute atomic E-state index is 0.0538. The predicted octanol–water partition coefficient (Wildman–Crippen LogP) is 2.88. The number of hydrogen-bond donors (Lipinski definition) is 0. The van der Waals surface area contributed by atoms with E-state index in [1.165, 1.54) is 14.2 Å². The van der Waals surface area contributed by atoms with Crippen LogP contribution in [0.1, 0.15) is 24.5 Å². The second-order valence-electron chi connectivity index (χ2n) is 8.88. The molecule has 0 bridgehead atoms. The molecule has 0 radical (unpaired) electrons. The second kappa shape index (κ2) is 11.2. The van der Waals surface area contributed by atoms with Crippen LogP contribution in [0.3, 0.4) is 0 Å². The molecule has 188 valence electrons. The third kappa shape index (κ3) is 5.32. The highest BCUT2D eigenvalue weighted by atomic mass is 16.5. The molecule has 1 fully saturated rings. The van der Waals surface area contributed by atoms with Crippen molar-refractivity contribution in [3.63, 3.8) is 0 Å². The van der Waals surface area contributed by atoms with Crippen LogP contribution in [0.5, 0.6) is 0 Å². The molecule has 1 aromatic heterocycles. The number of ether oxygens (including phenoxy) is 2. The van der Waals surface area contributed by atoms with Gasteiger partial charge < -0.3 is 19.3 Å². The van der Waals surface area contributed by atoms with Crippen molar-refractivity contribution in [3.05, 3.63) is 82.5 Å². The van der Waals surface area contributed by atoms with E-state index < -0.39 is 0 Å². The lowest BCUT2D eigenvalue weighted by Gasteiger charge is -2.35. The summed E-state index contributed by atoms with van der Waals surface area (Å²) in [5.74, 6) is 0.327. The van der Waals surface area contributed by atoms with Crippen LogP contribution in [-0.2, 0) is 36.7 Å². The van der Waals surface area contributed by atoms with Crippen molar-refractivity contribution in [2.24, 2.45) is 0 Å². The fraction of sp³-hybridized carbons (Fsp3) is 0.357. The van der Waals surface area contributed by atoms with Gasteiger partial charge >= 0.3 is 0 Å². The first-order valence-electron chi connectivity index (χ1n) is 12.1. The van der Waals surface area contributed by atoms with Gasteiger partial charge in [0.25, 0.3) is 0 Å². The summed E-state index contributed by atoms with van der Waals surface area (Å²) in [5.41, 5.74) is 2.73. The van der Waals surface area contributed by atoms with Crippen molar-refractivity contribution < 1.29 is 23.9 Å². The van der Waals surface area contributed by atoms with E-state index in [0.29, 0.717) is 43.5 Å². The average Bonchev–Trinajstić information content (AvgIpc) is 2.92. The van der Waals surface area contributed by atoms with Crippen LogP contribution < -0.4 is 4.90 Å². The van der Waals surface area contributed by atoms with Gasteiger partial charge in [0.2, 0.25) is 29.0 Å². The Morgan fingerprint density at radius 2 is 1.53 bits per heavy atom. The topological polar surface area (TPSA) is 89.0 Å². The van der Waals surface area contributed by atoms with Gasteiger partial charge in [0.1, 0.15) is 5.82 Å². The molecule has 0 atom stereocenters. The maximum absolute atomic E-state index is 12.9. The van der Waals surface area contributed by atoms with Gasteiger partial charge in [-0.25, -0.2) is 4.98 Å². The maximum atomic E-state index is 12.9. The van der Waals surface area contributed by atoms with Gasteiger partial charge in [-0.1, -0.05) is 30.3 Å². The van der Waals surface area contributed by atoms with Crippen molar-refractivity contribution in [2.75, 3.05) is 45.3 Å². The summed E-state index contributed by atoms with van der Waals surface area (Å²) in [6.45, 7) is 4.58. The average molecular weight is 490 g/mol. The van der Waals surface area contributed by atoms with Crippen LogP contribution in [0.2, 0.25) is 0 Å². The number of aryl methyl sites for hydroxylation is 1. The van der Waals surface area contributed by atoms with Crippen molar-refractivity contribution in [1.29, 1.82) is 0 Å². The van der Waals surface area contributed by atoms with Gasteiger partial charge in [-0.15, -0.1) is 0 Å². The first-order chi connectivity index (χ1) is 17.4. The third-order valence-corrected chi connectivity index (χ3v) is 6.73. The number of aromatic nitrogens is 1. The fourth-order valence-corrected chi connectivity index (χ4v) is 4.57. The van der Waals surface area contributed by atoms with Crippen molar-refractivity contribution >= 4 is 23.3 Å². The lowest BCUT2D eigenvalue weighted by molar-refractivity contribution is -0.131. The van der Waals surface area contributed by atoms with Crippen LogP contribution in [0, 0.1) is 0 Å². The summed E-state index contributed by atoms with van der Waals surface area (Å²) in [4.78, 5) is 46.7. The minimum Gasteiger partial charge on any atom is -0.489 e. The standard InChI is InChI=1S/C28H31N3O5/c1-19-22(26(34)28(36-3)27(35-2)25(19)33)18-21-9-7-20(8-10-21)11-12-24(32)31-16-14-30(15-17-31)23-6-4-5-13-29-23/h4-10,13H,11-12,14-18H2,1-3H3. The number of rotatable bonds is 8. The Kier molecular flexibility index (Phi) is 7.83. The zero-order valence-electron chi connectivity index (χ0n) is 21.0. The van der Waals surface area contributed by atoms with E-state index in [0.717, 1.165) is 30.0 Å². The molecule has 8 nitrogen and oxygen atoms in total. The number of anilines is 1. The van der Waals surface area contributed by atoms with E-state index in [4.69, 9.17) is 9.47 Å². The van der Waals surface area contributed by atoms with E-state index in [-0.39, 0.29) is 29.0 Å². The van der Waals surface area contributed by atoms with Gasteiger partial charge in [-0.3, -0.25) is 14.4 Å². The number of methoxy groups -OCH3 is 2. The van der Waals surface area contributed by atoms with Crippen LogP contribution >= 0.6 is 0 Å². The molecule has 36 heavy (non-hydrogen) atoms. The molecule has 0 spiro atoms. The number of benzene rings is 1. The summed E-state index contributed by atoms with van der Waals surface area (Å²) in [6, 6.07) is 13.7. The van der Waals surface area contributed by atoms with Crippen LogP contribution in [-0.4, -0.2) is 67.8 Å². The number of pyridine rings is 1. The van der Waals surface area contributed by atoms with E-state index in [9.17, 15) is 14.4 Å². The van der Waals surface area contributed by atoms with Crippen molar-refractivity contribution in [2.45, 2.75) is 26.2 Å². The fourth-order valence-electron chi connectivity index (χ4n) is 4.57. The van der Waals surface area contributed by atoms with Gasteiger partial charge in [-0.2, -0.15) is 0 Å². The SMILES string of the molecule is COC1=C(OC)C(=O)C(Cc2ccc(CCC(=O)N3CCN(c4ccccn4)CC3)cc2)=C(C)C1=O. The number of carbonyl (C=O) groups is 3. The molecule has 1 saturated heterocycles. The molecular weight excluding hydrogens is 458 g/mol. The van der Waals surface area contributed by atoms with Gasteiger partial charge in [0.05, 0.1) is 14.2 Å². The van der Waals surface area contributed by atoms with Crippen molar-refractivity contribution in [1.82, 2.24) is 9.88 Å². The normalized spacial score (nSPS) is 16.5. The molecule has 8 heteroatoms. The smallest absolute Gasteiger partial charge is 0.228 e. The summed E-state index contributed by atoms with van der Waals surface area (Å²) in [7, 11) is 2.71. The molecular formula is C28H31N3O5. The van der Waals surface area contributed by atoms with Crippen LogP contribution in [0.4, 0.5) is 5.82 Å². The Balaban J connectivity index is 1.30. The summed E-state index contributed by atoms with van der Waals surface area (Å²) in [5, 5.41) is 0. The highest BCUT2D eigenvalue weighted by Gasteiger charge is 2.34. The number of hydrogen-bond acceptors (Lipinski definition) is 7. The monoisotopic (exact) mass is 489 g/mol. The summed E-state index contributed by atoms with van der Waals surface area (Å²) < 4.78 is 10.2. The molecule has 1 aliphatic heterocycles. The lowest BCUT2D eigenvalue weighted by Crippen LogP contribution is -2.49. The van der Waals surface area contributed by atoms with Crippen LogP contribution in [0.25, 0.3) is 0 Å². The Morgan fingerprint density at radius 1 is 0.889 bits per heavy atom. The molecule has 2 aliphatic rings. The number of ketones is 2. The molecule has 1 amide bonds. The molecule has 2 heterocycles. The zero-order valence-corrected chi connectivity index (χ0v) is 21.0. The highest BCUT2D eigenvalue weighted by Crippen LogP contribution is 2.28. The Morgan fingerprint density at radius 3 is 2.14 bits per heavy atom. The quantitative estimate of drug-likeness (QED) is 0.527. The molecule has 0 unspecified atom stereocenters. The van der Waals surface area contributed by atoms with E-state index in [1.807, 2.05) is 47.4 Å². The zero-order chi connectivity index (χ0) is 25.7. The van der Waals surface area contributed by atoms with Crippen molar-refractivity contribution in [3.8, 4) is 0 Å². The van der Waals surface area contributed by atoms with E-state index in [1.54, 1.807) is 13.1 Å². The number of amides is 1.